The molecule has 4 saturated carbocycles. The van der Waals surface area contributed by atoms with E-state index in [0.29, 0.717) is 17.5 Å². The molecule has 2 aromatic rings. The normalized spacial score (nSPS) is 28.7. The van der Waals surface area contributed by atoms with Crippen molar-refractivity contribution in [3.63, 3.8) is 0 Å². The smallest absolute Gasteiger partial charge is 0.311 e. The number of hydrogen-bond donors (Lipinski definition) is 0. The van der Waals surface area contributed by atoms with Crippen LogP contribution >= 0.6 is 11.6 Å². The number of methoxy groups -OCH3 is 1. The molecule has 0 saturated heterocycles. The van der Waals surface area contributed by atoms with Crippen molar-refractivity contribution in [3.8, 4) is 11.4 Å². The Kier molecular flexibility index (Phi) is 4.51. The van der Waals surface area contributed by atoms with Crippen LogP contribution in [-0.2, 0) is 27.9 Å². The third-order valence-corrected chi connectivity index (χ3v) is 7.48. The second-order valence-corrected chi connectivity index (χ2v) is 9.26. The lowest BCUT2D eigenvalue weighted by molar-refractivity contribution is -0.178. The van der Waals surface area contributed by atoms with Gasteiger partial charge in [0.2, 0.25) is 0 Å². The molecule has 0 aromatic carbocycles. The number of aromatic nitrogens is 3. The van der Waals surface area contributed by atoms with Gasteiger partial charge in [-0.1, -0.05) is 16.8 Å². The Bertz CT molecular complexity index is 902. The van der Waals surface area contributed by atoms with Crippen LogP contribution in [-0.4, -0.2) is 33.6 Å². The van der Waals surface area contributed by atoms with E-state index in [1.54, 1.807) is 10.9 Å². The maximum Gasteiger partial charge on any atom is 0.311 e. The van der Waals surface area contributed by atoms with Crippen molar-refractivity contribution in [2.24, 2.45) is 12.5 Å². The average molecular weight is 420 g/mol. The fraction of sp³-hybridized carbons (Fsp3) is 0.667. The van der Waals surface area contributed by atoms with Gasteiger partial charge in [-0.05, 0) is 51.4 Å². The summed E-state index contributed by atoms with van der Waals surface area (Å²) in [5.74, 6) is 1.28. The third kappa shape index (κ3) is 3.10. The van der Waals surface area contributed by atoms with Gasteiger partial charge in [0.1, 0.15) is 17.1 Å². The summed E-state index contributed by atoms with van der Waals surface area (Å²) in [7, 11) is 3.34. The molecule has 2 bridgehead atoms. The van der Waals surface area contributed by atoms with Crippen LogP contribution in [0.3, 0.4) is 0 Å². The SMILES string of the molecule is COC(=O)C12CCC(OCc3c(-c4c(Cl)cnn4C)noc3C3CC3)(CC1)CC2. The number of esters is 1. The van der Waals surface area contributed by atoms with Gasteiger partial charge >= 0.3 is 5.97 Å². The number of fused-ring (bicyclic) bond motifs is 3. The number of carbonyl (C=O) groups is 1. The highest BCUT2D eigenvalue weighted by molar-refractivity contribution is 6.33. The van der Waals surface area contributed by atoms with Crippen molar-refractivity contribution in [1.82, 2.24) is 14.9 Å². The van der Waals surface area contributed by atoms with Crippen molar-refractivity contribution < 1.29 is 18.8 Å². The van der Waals surface area contributed by atoms with E-state index in [9.17, 15) is 4.79 Å². The van der Waals surface area contributed by atoms with Crippen LogP contribution < -0.4 is 0 Å². The summed E-state index contributed by atoms with van der Waals surface area (Å²) in [6.07, 6.45) is 9.01. The van der Waals surface area contributed by atoms with Crippen molar-refractivity contribution in [2.45, 2.75) is 69.5 Å². The summed E-state index contributed by atoms with van der Waals surface area (Å²) in [6.45, 7) is 0.442. The molecule has 29 heavy (non-hydrogen) atoms. The summed E-state index contributed by atoms with van der Waals surface area (Å²) in [6, 6.07) is 0. The number of ether oxygens (including phenoxy) is 2. The van der Waals surface area contributed by atoms with Crippen LogP contribution in [0.5, 0.6) is 0 Å². The highest BCUT2D eigenvalue weighted by Gasteiger charge is 2.54. The number of rotatable bonds is 6. The van der Waals surface area contributed by atoms with E-state index in [0.717, 1.165) is 74.1 Å². The zero-order valence-corrected chi connectivity index (χ0v) is 17.6. The van der Waals surface area contributed by atoms with E-state index in [-0.39, 0.29) is 17.0 Å². The summed E-state index contributed by atoms with van der Waals surface area (Å²) in [5, 5.41) is 9.14. The average Bonchev–Trinajstić information content (AvgIpc) is 3.43. The molecule has 4 aliphatic carbocycles. The number of aryl methyl sites for hydroxylation is 1. The molecule has 156 valence electrons. The molecule has 6 rings (SSSR count). The van der Waals surface area contributed by atoms with Crippen LogP contribution in [0, 0.1) is 5.41 Å². The van der Waals surface area contributed by atoms with Crippen LogP contribution in [0.4, 0.5) is 0 Å². The van der Waals surface area contributed by atoms with Crippen LogP contribution in [0.1, 0.15) is 68.6 Å². The highest BCUT2D eigenvalue weighted by Crippen LogP contribution is 2.55. The van der Waals surface area contributed by atoms with Gasteiger partial charge in [-0.3, -0.25) is 9.48 Å². The molecule has 0 aliphatic heterocycles. The zero-order chi connectivity index (χ0) is 20.2. The number of hydrogen-bond acceptors (Lipinski definition) is 6. The lowest BCUT2D eigenvalue weighted by Gasteiger charge is -2.51. The lowest BCUT2D eigenvalue weighted by atomic mass is 9.58. The molecule has 0 radical (unpaired) electrons. The monoisotopic (exact) mass is 419 g/mol. The Morgan fingerprint density at radius 3 is 2.52 bits per heavy atom. The van der Waals surface area contributed by atoms with E-state index in [1.807, 2.05) is 7.05 Å². The predicted octanol–water partition coefficient (Wildman–Crippen LogP) is 4.39. The van der Waals surface area contributed by atoms with Gasteiger partial charge in [0.05, 0.1) is 41.5 Å². The van der Waals surface area contributed by atoms with Crippen molar-refractivity contribution in [3.05, 3.63) is 22.5 Å². The van der Waals surface area contributed by atoms with Gasteiger partial charge < -0.3 is 14.0 Å². The highest BCUT2D eigenvalue weighted by atomic mass is 35.5. The van der Waals surface area contributed by atoms with Gasteiger partial charge in [0.25, 0.3) is 0 Å². The second-order valence-electron chi connectivity index (χ2n) is 8.86. The molecular weight excluding hydrogens is 394 g/mol. The first-order valence-electron chi connectivity index (χ1n) is 10.4. The van der Waals surface area contributed by atoms with E-state index in [4.69, 9.17) is 25.6 Å². The van der Waals surface area contributed by atoms with E-state index in [2.05, 4.69) is 10.3 Å². The minimum absolute atomic E-state index is 0.0611. The van der Waals surface area contributed by atoms with Gasteiger partial charge in [-0.25, -0.2) is 0 Å². The molecule has 0 spiro atoms. The molecule has 4 fully saturated rings. The molecule has 0 atom stereocenters. The Labute approximate surface area is 174 Å². The van der Waals surface area contributed by atoms with E-state index < -0.39 is 0 Å². The fourth-order valence-electron chi connectivity index (χ4n) is 5.11. The Morgan fingerprint density at radius 2 is 1.97 bits per heavy atom. The minimum atomic E-state index is -0.302. The van der Waals surface area contributed by atoms with Gasteiger partial charge in [-0.2, -0.15) is 5.10 Å². The minimum Gasteiger partial charge on any atom is -0.469 e. The molecule has 0 N–H and O–H groups in total. The number of nitrogens with zero attached hydrogens (tertiary/aromatic N) is 3. The quantitative estimate of drug-likeness (QED) is 0.646. The van der Waals surface area contributed by atoms with Crippen LogP contribution in [0.2, 0.25) is 5.02 Å². The molecule has 0 unspecified atom stereocenters. The van der Waals surface area contributed by atoms with Gasteiger partial charge in [0, 0.05) is 13.0 Å². The Morgan fingerprint density at radius 1 is 1.28 bits per heavy atom. The second kappa shape index (κ2) is 6.84. The van der Waals surface area contributed by atoms with Gasteiger partial charge in [0.15, 0.2) is 0 Å². The van der Waals surface area contributed by atoms with Crippen LogP contribution in [0.15, 0.2) is 10.7 Å². The van der Waals surface area contributed by atoms with E-state index >= 15 is 0 Å². The fourth-order valence-corrected chi connectivity index (χ4v) is 5.36. The molecular formula is C21H26ClN3O4. The van der Waals surface area contributed by atoms with Crippen molar-refractivity contribution in [1.29, 1.82) is 0 Å². The first-order chi connectivity index (χ1) is 14.0. The standard InChI is InChI=1S/C21H26ClN3O4/c1-25-17(15(22)11-23-25)16-14(18(29-24-16)13-3-4-13)12-28-21-8-5-20(6-9-21,7-10-21)19(26)27-2/h11,13H,3-10,12H2,1-2H3. The van der Waals surface area contributed by atoms with E-state index in [1.165, 1.54) is 7.11 Å². The molecule has 4 aliphatic rings. The zero-order valence-electron chi connectivity index (χ0n) is 16.9. The molecule has 8 heteroatoms. The molecule has 0 amide bonds. The molecule has 2 heterocycles. The number of halogens is 1. The Balaban J connectivity index is 1.38. The summed E-state index contributed by atoms with van der Waals surface area (Å²) < 4.78 is 19.1. The summed E-state index contributed by atoms with van der Waals surface area (Å²) in [4.78, 5) is 12.3. The predicted molar refractivity (Wildman–Crippen MR) is 105 cm³/mol. The van der Waals surface area contributed by atoms with Crippen molar-refractivity contribution >= 4 is 17.6 Å². The third-order valence-electron chi connectivity index (χ3n) is 7.20. The maximum atomic E-state index is 12.3. The topological polar surface area (TPSA) is 79.4 Å². The summed E-state index contributed by atoms with van der Waals surface area (Å²) in [5.41, 5.74) is 1.99. The largest absolute Gasteiger partial charge is 0.469 e. The first kappa shape index (κ1) is 19.1. The van der Waals surface area contributed by atoms with Crippen LogP contribution in [0.25, 0.3) is 11.4 Å². The maximum absolute atomic E-state index is 12.3. The Hall–Kier alpha value is -1.86. The lowest BCUT2D eigenvalue weighted by Crippen LogP contribution is -2.51. The molecule has 7 nitrogen and oxygen atoms in total. The van der Waals surface area contributed by atoms with Crippen molar-refractivity contribution in [2.75, 3.05) is 7.11 Å². The number of carbonyl (C=O) groups excluding carboxylic acids is 1. The first-order valence-corrected chi connectivity index (χ1v) is 10.7. The molecule has 2 aromatic heterocycles. The van der Waals surface area contributed by atoms with Gasteiger partial charge in [-0.15, -0.1) is 0 Å². The summed E-state index contributed by atoms with van der Waals surface area (Å²) >= 11 is 6.38.